The minimum absolute atomic E-state index is 0.0773. The van der Waals surface area contributed by atoms with E-state index in [2.05, 4.69) is 10.1 Å². The third kappa shape index (κ3) is 3.75. The van der Waals surface area contributed by atoms with Crippen molar-refractivity contribution in [3.63, 3.8) is 0 Å². The Hall–Kier alpha value is -1.95. The number of methoxy groups -OCH3 is 2. The van der Waals surface area contributed by atoms with Gasteiger partial charge in [0.25, 0.3) is 0 Å². The quantitative estimate of drug-likeness (QED) is 0.336. The fourth-order valence-corrected chi connectivity index (χ4v) is 1.82. The summed E-state index contributed by atoms with van der Waals surface area (Å²) < 4.78 is 10.3. The number of oxime groups is 1. The van der Waals surface area contributed by atoms with E-state index in [0.717, 1.165) is 18.0 Å². The highest BCUT2D eigenvalue weighted by molar-refractivity contribution is 6.02. The van der Waals surface area contributed by atoms with E-state index >= 15 is 0 Å². The van der Waals surface area contributed by atoms with Crippen LogP contribution in [-0.2, 0) is 4.74 Å². The van der Waals surface area contributed by atoms with Crippen LogP contribution < -0.4 is 15.4 Å². The standard InChI is InChI=1S/C13H21N3O3/c1-4-16(7-8-18-2)12-9-10(19-3)5-6-11(12)13(14)15-17/h5-6,9,17H,4,7-8H2,1-3H3,(H2,14,15). The number of rotatable bonds is 7. The lowest BCUT2D eigenvalue weighted by atomic mass is 10.1. The minimum Gasteiger partial charge on any atom is -0.497 e. The molecule has 0 atom stereocenters. The van der Waals surface area contributed by atoms with Crippen LogP contribution in [0, 0.1) is 0 Å². The number of hydrogen-bond acceptors (Lipinski definition) is 5. The van der Waals surface area contributed by atoms with Gasteiger partial charge in [-0.05, 0) is 19.1 Å². The Morgan fingerprint density at radius 2 is 2.16 bits per heavy atom. The summed E-state index contributed by atoms with van der Waals surface area (Å²) in [4.78, 5) is 2.08. The number of nitrogens with two attached hydrogens (primary N) is 1. The molecule has 1 aromatic rings. The van der Waals surface area contributed by atoms with Crippen LogP contribution in [0.15, 0.2) is 23.4 Å². The molecule has 6 heteroatoms. The predicted molar refractivity (Wildman–Crippen MR) is 75.3 cm³/mol. The maximum atomic E-state index is 8.86. The normalized spacial score (nSPS) is 11.4. The SMILES string of the molecule is CCN(CCOC)c1cc(OC)ccc1/C(N)=N/O. The molecule has 0 heterocycles. The van der Waals surface area contributed by atoms with Crippen LogP contribution in [0.4, 0.5) is 5.69 Å². The Balaban J connectivity index is 3.18. The monoisotopic (exact) mass is 267 g/mol. The summed E-state index contributed by atoms with van der Waals surface area (Å²) in [5.41, 5.74) is 7.23. The van der Waals surface area contributed by atoms with E-state index in [9.17, 15) is 0 Å². The molecule has 0 saturated heterocycles. The first-order valence-corrected chi connectivity index (χ1v) is 6.07. The highest BCUT2D eigenvalue weighted by atomic mass is 16.5. The summed E-state index contributed by atoms with van der Waals surface area (Å²) in [6, 6.07) is 5.42. The second kappa shape index (κ2) is 7.48. The fraction of sp³-hybridized carbons (Fsp3) is 0.462. The zero-order valence-electron chi connectivity index (χ0n) is 11.6. The maximum Gasteiger partial charge on any atom is 0.172 e. The molecule has 0 fully saturated rings. The third-order valence-electron chi connectivity index (χ3n) is 2.88. The first-order valence-electron chi connectivity index (χ1n) is 6.07. The number of benzene rings is 1. The molecule has 0 aliphatic heterocycles. The Labute approximate surface area is 113 Å². The highest BCUT2D eigenvalue weighted by Crippen LogP contribution is 2.26. The Morgan fingerprint density at radius 1 is 1.42 bits per heavy atom. The molecular formula is C13H21N3O3. The molecule has 0 spiro atoms. The predicted octanol–water partition coefficient (Wildman–Crippen LogP) is 1.26. The van der Waals surface area contributed by atoms with E-state index < -0.39 is 0 Å². The molecule has 0 saturated carbocycles. The Morgan fingerprint density at radius 3 is 2.68 bits per heavy atom. The van der Waals surface area contributed by atoms with Crippen molar-refractivity contribution < 1.29 is 14.7 Å². The van der Waals surface area contributed by atoms with Crippen molar-refractivity contribution >= 4 is 11.5 Å². The van der Waals surface area contributed by atoms with E-state index in [-0.39, 0.29) is 5.84 Å². The molecule has 0 unspecified atom stereocenters. The van der Waals surface area contributed by atoms with Gasteiger partial charge in [-0.1, -0.05) is 5.16 Å². The van der Waals surface area contributed by atoms with Gasteiger partial charge in [-0.25, -0.2) is 0 Å². The van der Waals surface area contributed by atoms with Crippen LogP contribution in [0.3, 0.4) is 0 Å². The van der Waals surface area contributed by atoms with E-state index in [1.54, 1.807) is 26.4 Å². The summed E-state index contributed by atoms with van der Waals surface area (Å²) in [5, 5.41) is 11.9. The van der Waals surface area contributed by atoms with Gasteiger partial charge in [0.1, 0.15) is 5.75 Å². The van der Waals surface area contributed by atoms with Gasteiger partial charge in [0.05, 0.1) is 19.4 Å². The molecule has 106 valence electrons. The summed E-state index contributed by atoms with van der Waals surface area (Å²) in [5.74, 6) is 0.800. The highest BCUT2D eigenvalue weighted by Gasteiger charge is 2.14. The van der Waals surface area contributed by atoms with Gasteiger partial charge in [0.2, 0.25) is 0 Å². The number of likely N-dealkylation sites (N-methyl/N-ethyl adjacent to an activating group) is 1. The molecule has 1 rings (SSSR count). The van der Waals surface area contributed by atoms with Crippen molar-refractivity contribution in [2.45, 2.75) is 6.92 Å². The van der Waals surface area contributed by atoms with Crippen molar-refractivity contribution in [3.8, 4) is 5.75 Å². The van der Waals surface area contributed by atoms with Crippen LogP contribution in [0.1, 0.15) is 12.5 Å². The number of nitrogens with zero attached hydrogens (tertiary/aromatic N) is 2. The lowest BCUT2D eigenvalue weighted by Crippen LogP contribution is -2.29. The average Bonchev–Trinajstić information content (AvgIpc) is 2.47. The summed E-state index contributed by atoms with van der Waals surface area (Å²) in [7, 11) is 3.26. The van der Waals surface area contributed by atoms with Crippen molar-refractivity contribution in [3.05, 3.63) is 23.8 Å². The largest absolute Gasteiger partial charge is 0.497 e. The Bertz CT molecular complexity index is 435. The molecule has 0 radical (unpaired) electrons. The van der Waals surface area contributed by atoms with Crippen LogP contribution in [0.25, 0.3) is 0 Å². The van der Waals surface area contributed by atoms with Crippen molar-refractivity contribution in [2.75, 3.05) is 38.8 Å². The number of hydrogen-bond donors (Lipinski definition) is 2. The van der Waals surface area contributed by atoms with Crippen molar-refractivity contribution in [2.24, 2.45) is 10.9 Å². The number of anilines is 1. The molecule has 6 nitrogen and oxygen atoms in total. The fourth-order valence-electron chi connectivity index (χ4n) is 1.82. The maximum absolute atomic E-state index is 8.86. The average molecular weight is 267 g/mol. The van der Waals surface area contributed by atoms with E-state index in [0.29, 0.717) is 18.7 Å². The molecule has 3 N–H and O–H groups in total. The molecule has 0 bridgehead atoms. The zero-order valence-corrected chi connectivity index (χ0v) is 11.6. The Kier molecular flexibility index (Phi) is 5.95. The molecule has 0 aromatic heterocycles. The van der Waals surface area contributed by atoms with Gasteiger partial charge >= 0.3 is 0 Å². The van der Waals surface area contributed by atoms with Gasteiger partial charge < -0.3 is 25.3 Å². The van der Waals surface area contributed by atoms with Gasteiger partial charge in [-0.2, -0.15) is 0 Å². The van der Waals surface area contributed by atoms with Gasteiger partial charge in [0.15, 0.2) is 5.84 Å². The summed E-state index contributed by atoms with van der Waals surface area (Å²) in [6.07, 6.45) is 0. The lowest BCUT2D eigenvalue weighted by molar-refractivity contribution is 0.205. The summed E-state index contributed by atoms with van der Waals surface area (Å²) in [6.45, 7) is 4.12. The van der Waals surface area contributed by atoms with Gasteiger partial charge in [-0.15, -0.1) is 0 Å². The molecule has 0 aliphatic carbocycles. The van der Waals surface area contributed by atoms with Crippen LogP contribution >= 0.6 is 0 Å². The third-order valence-corrected chi connectivity index (χ3v) is 2.88. The van der Waals surface area contributed by atoms with E-state index in [1.165, 1.54) is 0 Å². The lowest BCUT2D eigenvalue weighted by Gasteiger charge is -2.25. The number of amidine groups is 1. The van der Waals surface area contributed by atoms with Gasteiger partial charge in [-0.3, -0.25) is 0 Å². The van der Waals surface area contributed by atoms with E-state index in [4.69, 9.17) is 20.4 Å². The molecule has 19 heavy (non-hydrogen) atoms. The van der Waals surface area contributed by atoms with Gasteiger partial charge in [0, 0.05) is 31.8 Å². The smallest absolute Gasteiger partial charge is 0.172 e. The van der Waals surface area contributed by atoms with Crippen LogP contribution in [0.5, 0.6) is 5.75 Å². The minimum atomic E-state index is 0.0773. The van der Waals surface area contributed by atoms with Crippen molar-refractivity contribution in [1.82, 2.24) is 0 Å². The second-order valence-corrected chi connectivity index (χ2v) is 3.94. The molecule has 0 aliphatic rings. The van der Waals surface area contributed by atoms with Crippen molar-refractivity contribution in [1.29, 1.82) is 0 Å². The zero-order chi connectivity index (χ0) is 14.3. The van der Waals surface area contributed by atoms with Crippen LogP contribution in [-0.4, -0.2) is 45.0 Å². The molecule has 1 aromatic carbocycles. The molecule has 0 amide bonds. The first-order chi connectivity index (χ1) is 9.17. The molecular weight excluding hydrogens is 246 g/mol. The topological polar surface area (TPSA) is 80.3 Å². The summed E-state index contributed by atoms with van der Waals surface area (Å²) >= 11 is 0. The van der Waals surface area contributed by atoms with Crippen LogP contribution in [0.2, 0.25) is 0 Å². The first kappa shape index (κ1) is 15.1. The number of ether oxygens (including phenoxy) is 2. The van der Waals surface area contributed by atoms with E-state index in [1.807, 2.05) is 13.0 Å². The second-order valence-electron chi connectivity index (χ2n) is 3.94.